The van der Waals surface area contributed by atoms with E-state index in [1.54, 1.807) is 0 Å². The number of carbonyl (C=O) groups is 2. The van der Waals surface area contributed by atoms with Crippen molar-refractivity contribution in [2.75, 3.05) is 13.1 Å². The maximum Gasteiger partial charge on any atom is 0.332 e. The Morgan fingerprint density at radius 1 is 1.37 bits per heavy atom. The Kier molecular flexibility index (Phi) is 4.80. The highest BCUT2D eigenvalue weighted by Crippen LogP contribution is 2.24. The van der Waals surface area contributed by atoms with Crippen LogP contribution in [0.4, 0.5) is 0 Å². The highest BCUT2D eigenvalue weighted by atomic mass is 16.5. The van der Waals surface area contributed by atoms with Gasteiger partial charge in [0.05, 0.1) is 6.10 Å². The van der Waals surface area contributed by atoms with Crippen LogP contribution in [0.1, 0.15) is 45.4 Å². The van der Waals surface area contributed by atoms with Crippen molar-refractivity contribution in [3.63, 3.8) is 0 Å². The third-order valence-corrected chi connectivity index (χ3v) is 4.31. The molecule has 5 heteroatoms. The fourth-order valence-corrected chi connectivity index (χ4v) is 2.96. The molecule has 1 N–H and O–H groups in total. The predicted molar refractivity (Wildman–Crippen MR) is 69.7 cm³/mol. The van der Waals surface area contributed by atoms with Gasteiger partial charge in [0, 0.05) is 19.5 Å². The van der Waals surface area contributed by atoms with E-state index in [9.17, 15) is 9.59 Å². The van der Waals surface area contributed by atoms with Crippen molar-refractivity contribution in [2.45, 2.75) is 57.7 Å². The van der Waals surface area contributed by atoms with E-state index in [1.165, 1.54) is 0 Å². The minimum absolute atomic E-state index is 0.108. The van der Waals surface area contributed by atoms with Crippen LogP contribution in [0.15, 0.2) is 0 Å². The van der Waals surface area contributed by atoms with E-state index in [1.807, 2.05) is 4.90 Å². The largest absolute Gasteiger partial charge is 0.479 e. The second-order valence-electron chi connectivity index (χ2n) is 5.60. The highest BCUT2D eigenvalue weighted by molar-refractivity contribution is 5.76. The first kappa shape index (κ1) is 14.3. The van der Waals surface area contributed by atoms with Gasteiger partial charge in [-0.3, -0.25) is 4.79 Å². The van der Waals surface area contributed by atoms with Crippen LogP contribution >= 0.6 is 0 Å². The number of rotatable bonds is 4. The minimum atomic E-state index is -0.893. The van der Waals surface area contributed by atoms with Gasteiger partial charge >= 0.3 is 5.97 Å². The van der Waals surface area contributed by atoms with Crippen molar-refractivity contribution in [3.8, 4) is 0 Å². The van der Waals surface area contributed by atoms with Crippen molar-refractivity contribution in [1.29, 1.82) is 0 Å². The maximum atomic E-state index is 12.0. The van der Waals surface area contributed by atoms with Crippen LogP contribution in [0.2, 0.25) is 0 Å². The predicted octanol–water partition coefficient (Wildman–Crippen LogP) is 1.66. The minimum Gasteiger partial charge on any atom is -0.479 e. The molecule has 2 saturated heterocycles. The first-order valence-electron chi connectivity index (χ1n) is 7.26. The molecular weight excluding hydrogens is 246 g/mol. The Bertz CT molecular complexity index is 344. The summed E-state index contributed by atoms with van der Waals surface area (Å²) in [5.74, 6) is -0.0562. The fraction of sp³-hybridized carbons (Fsp3) is 0.857. The van der Waals surface area contributed by atoms with Gasteiger partial charge in [0.1, 0.15) is 0 Å². The lowest BCUT2D eigenvalue weighted by Gasteiger charge is -2.24. The lowest BCUT2D eigenvalue weighted by atomic mass is 9.98. The normalized spacial score (nSPS) is 32.4. The number of carboxylic acids is 1. The van der Waals surface area contributed by atoms with Crippen molar-refractivity contribution >= 4 is 11.9 Å². The quantitative estimate of drug-likeness (QED) is 0.843. The average molecular weight is 269 g/mol. The van der Waals surface area contributed by atoms with Gasteiger partial charge in [-0.15, -0.1) is 0 Å². The number of hydrogen-bond donors (Lipinski definition) is 1. The molecule has 5 nitrogen and oxygen atoms in total. The van der Waals surface area contributed by atoms with E-state index < -0.39 is 12.1 Å². The molecular formula is C14H23NO4. The first-order valence-corrected chi connectivity index (χ1v) is 7.26. The van der Waals surface area contributed by atoms with Crippen molar-refractivity contribution in [3.05, 3.63) is 0 Å². The monoisotopic (exact) mass is 269 g/mol. The van der Waals surface area contributed by atoms with E-state index in [0.29, 0.717) is 25.3 Å². The molecule has 2 heterocycles. The van der Waals surface area contributed by atoms with Gasteiger partial charge in [-0.2, -0.15) is 0 Å². The summed E-state index contributed by atoms with van der Waals surface area (Å²) < 4.78 is 5.47. The Labute approximate surface area is 113 Å². The Hall–Kier alpha value is -1.10. The number of likely N-dealkylation sites (tertiary alicyclic amines) is 1. The van der Waals surface area contributed by atoms with Crippen LogP contribution in [0.25, 0.3) is 0 Å². The summed E-state index contributed by atoms with van der Waals surface area (Å²) in [6.45, 7) is 3.51. The SMILES string of the molecule is CCC1CCC(=O)N(CC2CCC(C(=O)O)O2)CC1. The van der Waals surface area contributed by atoms with Gasteiger partial charge in [0.15, 0.2) is 6.10 Å². The molecule has 2 aliphatic heterocycles. The van der Waals surface area contributed by atoms with Gasteiger partial charge in [-0.1, -0.05) is 13.3 Å². The second kappa shape index (κ2) is 6.37. The molecule has 2 aliphatic rings. The number of carbonyl (C=O) groups excluding carboxylic acids is 1. The molecule has 19 heavy (non-hydrogen) atoms. The van der Waals surface area contributed by atoms with Crippen LogP contribution in [-0.4, -0.2) is 47.2 Å². The summed E-state index contributed by atoms with van der Waals surface area (Å²) in [6.07, 6.45) is 4.28. The fourth-order valence-electron chi connectivity index (χ4n) is 2.96. The highest BCUT2D eigenvalue weighted by Gasteiger charge is 2.33. The molecule has 2 rings (SSSR count). The molecule has 3 atom stereocenters. The summed E-state index contributed by atoms with van der Waals surface area (Å²) >= 11 is 0. The number of amides is 1. The zero-order chi connectivity index (χ0) is 13.8. The molecule has 0 bridgehead atoms. The molecule has 0 aromatic carbocycles. The molecule has 3 unspecified atom stereocenters. The van der Waals surface area contributed by atoms with Gasteiger partial charge in [-0.05, 0) is 31.6 Å². The average Bonchev–Trinajstić information content (AvgIpc) is 2.78. The third-order valence-electron chi connectivity index (χ3n) is 4.31. The van der Waals surface area contributed by atoms with Crippen LogP contribution in [-0.2, 0) is 14.3 Å². The third kappa shape index (κ3) is 3.69. The zero-order valence-corrected chi connectivity index (χ0v) is 11.5. The van der Waals surface area contributed by atoms with Crippen LogP contribution in [0, 0.1) is 5.92 Å². The number of aliphatic carboxylic acids is 1. The van der Waals surface area contributed by atoms with Crippen molar-refractivity contribution in [1.82, 2.24) is 4.90 Å². The topological polar surface area (TPSA) is 66.8 Å². The molecule has 0 saturated carbocycles. The van der Waals surface area contributed by atoms with Crippen LogP contribution in [0.3, 0.4) is 0 Å². The lowest BCUT2D eigenvalue weighted by molar-refractivity contribution is -0.150. The van der Waals surface area contributed by atoms with Crippen LogP contribution in [0.5, 0.6) is 0 Å². The number of carboxylic acid groups (broad SMARTS) is 1. The number of nitrogens with zero attached hydrogens (tertiary/aromatic N) is 1. The summed E-state index contributed by atoms with van der Waals surface area (Å²) in [5.41, 5.74) is 0. The van der Waals surface area contributed by atoms with Gasteiger partial charge in [0.25, 0.3) is 0 Å². The van der Waals surface area contributed by atoms with E-state index in [0.717, 1.165) is 32.2 Å². The summed E-state index contributed by atoms with van der Waals surface area (Å²) in [4.78, 5) is 24.7. The smallest absolute Gasteiger partial charge is 0.332 e. The second-order valence-corrected chi connectivity index (χ2v) is 5.60. The van der Waals surface area contributed by atoms with Gasteiger partial charge in [0.2, 0.25) is 5.91 Å². The zero-order valence-electron chi connectivity index (χ0n) is 11.5. The Morgan fingerprint density at radius 2 is 2.16 bits per heavy atom. The Balaban J connectivity index is 1.85. The summed E-state index contributed by atoms with van der Waals surface area (Å²) in [7, 11) is 0. The van der Waals surface area contributed by atoms with E-state index in [-0.39, 0.29) is 12.0 Å². The summed E-state index contributed by atoms with van der Waals surface area (Å²) in [5, 5.41) is 8.89. The van der Waals surface area contributed by atoms with Gasteiger partial charge < -0.3 is 14.7 Å². The molecule has 0 aliphatic carbocycles. The van der Waals surface area contributed by atoms with E-state index in [2.05, 4.69) is 6.92 Å². The van der Waals surface area contributed by atoms with Crippen molar-refractivity contribution < 1.29 is 19.4 Å². The Morgan fingerprint density at radius 3 is 2.79 bits per heavy atom. The molecule has 0 aromatic heterocycles. The summed E-state index contributed by atoms with van der Waals surface area (Å²) in [6, 6.07) is 0. The van der Waals surface area contributed by atoms with E-state index in [4.69, 9.17) is 9.84 Å². The maximum absolute atomic E-state index is 12.0. The number of hydrogen-bond acceptors (Lipinski definition) is 3. The molecule has 108 valence electrons. The van der Waals surface area contributed by atoms with Gasteiger partial charge in [-0.25, -0.2) is 4.79 Å². The molecule has 0 aromatic rings. The van der Waals surface area contributed by atoms with Crippen molar-refractivity contribution in [2.24, 2.45) is 5.92 Å². The molecule has 2 fully saturated rings. The molecule has 0 spiro atoms. The lowest BCUT2D eigenvalue weighted by Crippen LogP contribution is -2.37. The first-order chi connectivity index (χ1) is 9.10. The molecule has 1 amide bonds. The van der Waals surface area contributed by atoms with Crippen LogP contribution < -0.4 is 0 Å². The standard InChI is InChI=1S/C14H23NO4/c1-2-10-3-6-13(16)15(8-7-10)9-11-4-5-12(19-11)14(17)18/h10-12H,2-9H2,1H3,(H,17,18). The number of ether oxygens (including phenoxy) is 1. The molecule has 0 radical (unpaired) electrons. The van der Waals surface area contributed by atoms with E-state index >= 15 is 0 Å².